The highest BCUT2D eigenvalue weighted by Crippen LogP contribution is 2.30. The maximum atomic E-state index is 12.8. The summed E-state index contributed by atoms with van der Waals surface area (Å²) in [5.41, 5.74) is 3.75. The topological polar surface area (TPSA) is 129 Å². The number of carbonyl (C=O) groups excluding carboxylic acids is 1. The molecule has 0 spiro atoms. The molecular weight excluding hydrogens is 513 g/mol. The first-order valence-electron chi connectivity index (χ1n) is 11.4. The molecule has 1 amide bonds. The number of rotatable bonds is 6. The van der Waals surface area contributed by atoms with Crippen molar-refractivity contribution in [2.24, 2.45) is 5.10 Å². The van der Waals surface area contributed by atoms with Gasteiger partial charge in [-0.2, -0.15) is 28.5 Å². The summed E-state index contributed by atoms with van der Waals surface area (Å²) in [6.45, 7) is 0.272. The first-order valence-corrected chi connectivity index (χ1v) is 11.4. The molecule has 2 N–H and O–H groups in total. The second-order valence-electron chi connectivity index (χ2n) is 8.40. The van der Waals surface area contributed by atoms with E-state index in [1.165, 1.54) is 36.5 Å². The van der Waals surface area contributed by atoms with Gasteiger partial charge in [-0.15, -0.1) is 0 Å². The van der Waals surface area contributed by atoms with Crippen LogP contribution < -0.4 is 5.43 Å². The standard InChI is InChI=1S/C27H17F3N6O3/c28-27(29,30)21-5-2-17(3-6-21)26-33-24(35-39-26)15-36-10-9-18-11-16(1-7-22(18)36)14-32-34-25(38)19-4-8-23(37)20(12-19)13-31/h1-12,14,37H,15H2,(H,34,38)/b32-14+. The van der Waals surface area contributed by atoms with Crippen LogP contribution in [0.2, 0.25) is 0 Å². The van der Waals surface area contributed by atoms with Crippen LogP contribution in [0.25, 0.3) is 22.4 Å². The van der Waals surface area contributed by atoms with Crippen LogP contribution in [0.4, 0.5) is 13.2 Å². The van der Waals surface area contributed by atoms with Crippen LogP contribution in [0.5, 0.6) is 5.75 Å². The molecule has 9 nitrogen and oxygen atoms in total. The van der Waals surface area contributed by atoms with Crippen molar-refractivity contribution in [3.8, 4) is 23.3 Å². The Morgan fingerprint density at radius 1 is 1.13 bits per heavy atom. The van der Waals surface area contributed by atoms with Gasteiger partial charge in [-0.1, -0.05) is 11.2 Å². The second-order valence-corrected chi connectivity index (χ2v) is 8.40. The third kappa shape index (κ3) is 5.47. The van der Waals surface area contributed by atoms with Crippen molar-refractivity contribution < 1.29 is 27.6 Å². The number of hydrazone groups is 1. The SMILES string of the molecule is N#Cc1cc(C(=O)N/N=C/c2ccc3c(ccn3Cc3noc(-c4ccc(C(F)(F)F)cc4)n3)c2)ccc1O. The normalized spacial score (nSPS) is 11.6. The lowest BCUT2D eigenvalue weighted by Crippen LogP contribution is -2.17. The molecule has 2 aromatic heterocycles. The number of carbonyl (C=O) groups is 1. The predicted octanol–water partition coefficient (Wildman–Crippen LogP) is 5.10. The van der Waals surface area contributed by atoms with Crippen molar-refractivity contribution >= 4 is 23.0 Å². The second kappa shape index (κ2) is 10.1. The van der Waals surface area contributed by atoms with Gasteiger partial charge in [0, 0.05) is 28.2 Å². The average Bonchev–Trinajstić information content (AvgIpc) is 3.56. The zero-order valence-electron chi connectivity index (χ0n) is 19.8. The molecule has 2 heterocycles. The minimum absolute atomic E-state index is 0.0155. The Hall–Kier alpha value is -5.44. The van der Waals surface area contributed by atoms with Crippen molar-refractivity contribution in [2.45, 2.75) is 12.7 Å². The number of nitriles is 1. The summed E-state index contributed by atoms with van der Waals surface area (Å²) in [6.07, 6.45) is -1.13. The van der Waals surface area contributed by atoms with E-state index in [1.807, 2.05) is 29.0 Å². The molecule has 0 aliphatic rings. The number of hydrogen-bond donors (Lipinski definition) is 2. The van der Waals surface area contributed by atoms with E-state index >= 15 is 0 Å². The molecule has 194 valence electrons. The molecule has 0 saturated heterocycles. The largest absolute Gasteiger partial charge is 0.507 e. The minimum Gasteiger partial charge on any atom is -0.507 e. The van der Waals surface area contributed by atoms with Crippen molar-refractivity contribution in [3.05, 3.63) is 101 Å². The molecule has 0 saturated carbocycles. The fraction of sp³-hybridized carbons (Fsp3) is 0.0741. The van der Waals surface area contributed by atoms with E-state index < -0.39 is 17.6 Å². The monoisotopic (exact) mass is 530 g/mol. The fourth-order valence-corrected chi connectivity index (χ4v) is 3.82. The molecule has 0 fully saturated rings. The van der Waals surface area contributed by atoms with Gasteiger partial charge in [-0.25, -0.2) is 5.43 Å². The number of fused-ring (bicyclic) bond motifs is 1. The molecular formula is C27H17F3N6O3. The Bertz CT molecular complexity index is 1750. The zero-order chi connectivity index (χ0) is 27.6. The summed E-state index contributed by atoms with van der Waals surface area (Å²) in [7, 11) is 0. The van der Waals surface area contributed by atoms with E-state index in [4.69, 9.17) is 9.78 Å². The lowest BCUT2D eigenvalue weighted by Gasteiger charge is -2.05. The maximum Gasteiger partial charge on any atom is 0.416 e. The van der Waals surface area contributed by atoms with E-state index in [1.54, 1.807) is 12.1 Å². The lowest BCUT2D eigenvalue weighted by molar-refractivity contribution is -0.137. The lowest BCUT2D eigenvalue weighted by atomic mass is 10.1. The molecule has 0 aliphatic carbocycles. The van der Waals surface area contributed by atoms with Crippen molar-refractivity contribution in [2.75, 3.05) is 0 Å². The van der Waals surface area contributed by atoms with Gasteiger partial charge < -0.3 is 14.2 Å². The summed E-state index contributed by atoms with van der Waals surface area (Å²) in [5.74, 6) is -0.279. The number of hydrogen-bond acceptors (Lipinski definition) is 7. The van der Waals surface area contributed by atoms with E-state index in [0.29, 0.717) is 17.0 Å². The van der Waals surface area contributed by atoms with E-state index in [9.17, 15) is 23.1 Å². The summed E-state index contributed by atoms with van der Waals surface area (Å²) in [4.78, 5) is 16.6. The first-order chi connectivity index (χ1) is 18.7. The number of nitrogens with zero attached hydrogens (tertiary/aromatic N) is 5. The van der Waals surface area contributed by atoms with Gasteiger partial charge in [-0.05, 0) is 66.2 Å². The summed E-state index contributed by atoms with van der Waals surface area (Å²) >= 11 is 0. The Morgan fingerprint density at radius 3 is 2.67 bits per heavy atom. The number of alkyl halides is 3. The van der Waals surface area contributed by atoms with Crippen LogP contribution in [0.3, 0.4) is 0 Å². The maximum absolute atomic E-state index is 12.8. The van der Waals surface area contributed by atoms with Crippen LogP contribution in [0, 0.1) is 11.3 Å². The number of benzene rings is 3. The molecule has 5 aromatic rings. The van der Waals surface area contributed by atoms with Gasteiger partial charge in [0.25, 0.3) is 11.8 Å². The Balaban J connectivity index is 1.25. The Morgan fingerprint density at radius 2 is 1.92 bits per heavy atom. The van der Waals surface area contributed by atoms with Gasteiger partial charge in [0.15, 0.2) is 5.82 Å². The van der Waals surface area contributed by atoms with Gasteiger partial charge in [0.2, 0.25) is 0 Å². The fourth-order valence-electron chi connectivity index (χ4n) is 3.82. The van der Waals surface area contributed by atoms with Crippen LogP contribution in [-0.4, -0.2) is 31.9 Å². The molecule has 0 atom stereocenters. The number of halogens is 3. The van der Waals surface area contributed by atoms with E-state index in [0.717, 1.165) is 23.0 Å². The summed E-state index contributed by atoms with van der Waals surface area (Å²) < 4.78 is 45.5. The minimum atomic E-state index is -4.43. The molecule has 39 heavy (non-hydrogen) atoms. The average molecular weight is 530 g/mol. The molecule has 3 aromatic carbocycles. The molecule has 0 aliphatic heterocycles. The van der Waals surface area contributed by atoms with Crippen molar-refractivity contribution in [1.29, 1.82) is 5.26 Å². The molecule has 0 bridgehead atoms. The van der Waals surface area contributed by atoms with Gasteiger partial charge >= 0.3 is 6.18 Å². The highest BCUT2D eigenvalue weighted by molar-refractivity contribution is 5.96. The molecule has 0 unspecified atom stereocenters. The quantitative estimate of drug-likeness (QED) is 0.232. The van der Waals surface area contributed by atoms with Crippen molar-refractivity contribution in [3.63, 3.8) is 0 Å². The van der Waals surface area contributed by atoms with Crippen LogP contribution in [0.1, 0.15) is 32.9 Å². The number of aromatic nitrogens is 3. The van der Waals surface area contributed by atoms with Crippen LogP contribution >= 0.6 is 0 Å². The number of phenols is 1. The highest BCUT2D eigenvalue weighted by Gasteiger charge is 2.30. The summed E-state index contributed by atoms with van der Waals surface area (Å²) in [6, 6.07) is 17.6. The van der Waals surface area contributed by atoms with Gasteiger partial charge in [0.1, 0.15) is 11.8 Å². The first kappa shape index (κ1) is 25.2. The number of nitrogens with one attached hydrogen (secondary N) is 1. The number of amides is 1. The van der Waals surface area contributed by atoms with Crippen LogP contribution in [0.15, 0.2) is 82.6 Å². The van der Waals surface area contributed by atoms with Crippen LogP contribution in [-0.2, 0) is 12.7 Å². The number of phenolic OH excluding ortho intramolecular Hbond substituents is 1. The Kier molecular flexibility index (Phi) is 6.56. The third-order valence-corrected chi connectivity index (χ3v) is 5.79. The van der Waals surface area contributed by atoms with Gasteiger partial charge in [0.05, 0.1) is 23.9 Å². The molecule has 12 heteroatoms. The summed E-state index contributed by atoms with van der Waals surface area (Å²) in [5, 5.41) is 27.3. The van der Waals surface area contributed by atoms with Gasteiger partial charge in [-0.3, -0.25) is 4.79 Å². The third-order valence-electron chi connectivity index (χ3n) is 5.79. The van der Waals surface area contributed by atoms with E-state index in [-0.39, 0.29) is 29.3 Å². The van der Waals surface area contributed by atoms with Crippen molar-refractivity contribution in [1.82, 2.24) is 20.1 Å². The number of aromatic hydroxyl groups is 1. The molecule has 5 rings (SSSR count). The van der Waals surface area contributed by atoms with E-state index in [2.05, 4.69) is 20.7 Å². The highest BCUT2D eigenvalue weighted by atomic mass is 19.4. The zero-order valence-corrected chi connectivity index (χ0v) is 19.8. The smallest absolute Gasteiger partial charge is 0.416 e. The molecule has 0 radical (unpaired) electrons. The predicted molar refractivity (Wildman–Crippen MR) is 134 cm³/mol. The Labute approximate surface area is 218 Å².